The minimum Gasteiger partial charge on any atom is -0.382 e. The molecular formula is C24H21FN6O2. The van der Waals surface area contributed by atoms with Gasteiger partial charge in [0.2, 0.25) is 0 Å². The first-order valence-corrected chi connectivity index (χ1v) is 10.4. The zero-order valence-electron chi connectivity index (χ0n) is 17.7. The number of aromatic nitrogens is 4. The molecule has 0 aliphatic carbocycles. The molecule has 0 amide bonds. The number of hydrogen-bond acceptors (Lipinski definition) is 6. The molecule has 0 saturated carbocycles. The Morgan fingerprint density at radius 1 is 1.12 bits per heavy atom. The van der Waals surface area contributed by atoms with E-state index in [1.165, 1.54) is 15.1 Å². The molecule has 1 unspecified atom stereocenters. The smallest absolute Gasteiger partial charge is 0.266 e. The molecule has 0 saturated heterocycles. The maximum atomic E-state index is 14.6. The summed E-state index contributed by atoms with van der Waals surface area (Å²) in [5, 5.41) is 18.7. The molecule has 0 aliphatic rings. The molecule has 2 atom stereocenters. The lowest BCUT2D eigenvalue weighted by Gasteiger charge is -2.23. The highest BCUT2D eigenvalue weighted by Crippen LogP contribution is 2.27. The first-order chi connectivity index (χ1) is 16.0. The average Bonchev–Trinajstić information content (AvgIpc) is 3.15. The van der Waals surface area contributed by atoms with E-state index in [-0.39, 0.29) is 11.2 Å². The van der Waals surface area contributed by atoms with E-state index in [1.807, 2.05) is 6.07 Å². The van der Waals surface area contributed by atoms with Gasteiger partial charge in [-0.2, -0.15) is 0 Å². The van der Waals surface area contributed by atoms with Gasteiger partial charge in [-0.3, -0.25) is 14.7 Å². The summed E-state index contributed by atoms with van der Waals surface area (Å²) >= 11 is 0. The summed E-state index contributed by atoms with van der Waals surface area (Å²) in [6.07, 6.45) is 2.06. The summed E-state index contributed by atoms with van der Waals surface area (Å²) in [4.78, 5) is 17.7. The van der Waals surface area contributed by atoms with Crippen molar-refractivity contribution in [1.29, 1.82) is 0 Å². The summed E-state index contributed by atoms with van der Waals surface area (Å²) in [7, 11) is 0. The lowest BCUT2D eigenvalue weighted by atomic mass is 10.1. The Balaban J connectivity index is 1.63. The maximum Gasteiger partial charge on any atom is 0.266 e. The minimum atomic E-state index is -1.21. The summed E-state index contributed by atoms with van der Waals surface area (Å²) < 4.78 is 17.5. The molecule has 8 nitrogen and oxygen atoms in total. The molecule has 5 rings (SSSR count). The van der Waals surface area contributed by atoms with Crippen molar-refractivity contribution >= 4 is 22.2 Å². The van der Waals surface area contributed by atoms with Crippen LogP contribution >= 0.6 is 0 Å². The number of nitrogens with two attached hydrogens (primary N) is 1. The number of fused-ring (bicyclic) bond motifs is 2. The van der Waals surface area contributed by atoms with Crippen LogP contribution in [0.3, 0.4) is 0 Å². The van der Waals surface area contributed by atoms with Crippen LogP contribution < -0.4 is 16.6 Å². The normalized spacial score (nSPS) is 13.4. The van der Waals surface area contributed by atoms with Gasteiger partial charge in [-0.05, 0) is 42.6 Å². The fraction of sp³-hybridized carbons (Fsp3) is 0.125. The minimum absolute atomic E-state index is 0.00826. The highest BCUT2D eigenvalue weighted by molar-refractivity contribution is 5.83. The standard InChI is InChI=1S/C24H21FN6O2/c1-14(28-23(32)20-21(26)29-30-12-6-11-27-22(20)30)18-13-15-7-5-10-17(25)19(15)24(33)31(18)16-8-3-2-4-9-16/h2-14,23,28,32H,1H3,(H2,26,29)/t14-,23?/m0/s1. The van der Waals surface area contributed by atoms with E-state index < -0.39 is 23.6 Å². The van der Waals surface area contributed by atoms with Gasteiger partial charge in [0.05, 0.1) is 10.9 Å². The largest absolute Gasteiger partial charge is 0.382 e. The Bertz CT molecular complexity index is 1530. The SMILES string of the molecule is C[C@H](NC(O)c1c(N)nn2cccnc12)c1cc2cccc(F)c2c(=O)n1-c1ccccc1. The molecular weight excluding hydrogens is 423 g/mol. The van der Waals surface area contributed by atoms with Crippen molar-refractivity contribution in [3.8, 4) is 5.69 Å². The van der Waals surface area contributed by atoms with Crippen molar-refractivity contribution in [2.45, 2.75) is 19.2 Å². The molecule has 4 N–H and O–H groups in total. The second kappa shape index (κ2) is 8.12. The summed E-state index contributed by atoms with van der Waals surface area (Å²) in [6, 6.07) is 16.4. The van der Waals surface area contributed by atoms with Gasteiger partial charge < -0.3 is 10.8 Å². The quantitative estimate of drug-likeness (QED) is 0.359. The zero-order chi connectivity index (χ0) is 23.1. The van der Waals surface area contributed by atoms with E-state index in [2.05, 4.69) is 15.4 Å². The highest BCUT2D eigenvalue weighted by atomic mass is 19.1. The number of aliphatic hydroxyl groups is 1. The monoisotopic (exact) mass is 444 g/mol. The van der Waals surface area contributed by atoms with Crippen LogP contribution in [-0.4, -0.2) is 24.3 Å². The number of para-hydroxylation sites is 1. The molecule has 9 heteroatoms. The van der Waals surface area contributed by atoms with Crippen LogP contribution in [0.4, 0.5) is 10.2 Å². The van der Waals surface area contributed by atoms with Gasteiger partial charge in [0.1, 0.15) is 12.0 Å². The van der Waals surface area contributed by atoms with Crippen molar-refractivity contribution < 1.29 is 9.50 Å². The number of aliphatic hydroxyl groups excluding tert-OH is 1. The lowest BCUT2D eigenvalue weighted by molar-refractivity contribution is 0.127. The topological polar surface area (TPSA) is 110 Å². The fourth-order valence-electron chi connectivity index (χ4n) is 4.09. The van der Waals surface area contributed by atoms with Crippen LogP contribution in [0.25, 0.3) is 22.1 Å². The van der Waals surface area contributed by atoms with E-state index in [4.69, 9.17) is 5.73 Å². The van der Waals surface area contributed by atoms with Gasteiger partial charge in [-0.25, -0.2) is 13.9 Å². The lowest BCUT2D eigenvalue weighted by Crippen LogP contribution is -2.31. The third-order valence-electron chi connectivity index (χ3n) is 5.62. The molecule has 5 aromatic rings. The maximum absolute atomic E-state index is 14.6. The van der Waals surface area contributed by atoms with Crippen molar-refractivity contribution in [2.75, 3.05) is 5.73 Å². The Morgan fingerprint density at radius 2 is 1.91 bits per heavy atom. The molecule has 0 bridgehead atoms. The van der Waals surface area contributed by atoms with Crippen LogP contribution in [0.1, 0.15) is 30.5 Å². The Labute approximate surface area is 187 Å². The van der Waals surface area contributed by atoms with Crippen molar-refractivity contribution in [3.05, 3.63) is 100 Å². The van der Waals surface area contributed by atoms with E-state index >= 15 is 0 Å². The Hall–Kier alpha value is -4.08. The molecule has 3 aromatic heterocycles. The van der Waals surface area contributed by atoms with Crippen LogP contribution in [-0.2, 0) is 0 Å². The number of hydrogen-bond donors (Lipinski definition) is 3. The Kier molecular flexibility index (Phi) is 5.12. The molecule has 0 fully saturated rings. The van der Waals surface area contributed by atoms with Crippen LogP contribution in [0, 0.1) is 5.82 Å². The van der Waals surface area contributed by atoms with Crippen molar-refractivity contribution in [1.82, 2.24) is 24.5 Å². The van der Waals surface area contributed by atoms with E-state index in [0.717, 1.165) is 0 Å². The molecule has 2 aromatic carbocycles. The molecule has 166 valence electrons. The van der Waals surface area contributed by atoms with Gasteiger partial charge >= 0.3 is 0 Å². The van der Waals surface area contributed by atoms with Crippen molar-refractivity contribution in [3.63, 3.8) is 0 Å². The number of nitrogen functional groups attached to an aromatic ring is 1. The summed E-state index contributed by atoms with van der Waals surface area (Å²) in [6.45, 7) is 1.80. The third kappa shape index (κ3) is 3.53. The molecule has 3 heterocycles. The zero-order valence-corrected chi connectivity index (χ0v) is 17.7. The number of benzene rings is 2. The number of halogens is 1. The fourth-order valence-corrected chi connectivity index (χ4v) is 4.09. The average molecular weight is 444 g/mol. The van der Waals surface area contributed by atoms with Crippen molar-refractivity contribution in [2.24, 2.45) is 0 Å². The van der Waals surface area contributed by atoms with E-state index in [9.17, 15) is 14.3 Å². The number of nitrogens with one attached hydrogen (secondary N) is 1. The highest BCUT2D eigenvalue weighted by Gasteiger charge is 2.24. The Morgan fingerprint density at radius 3 is 2.70 bits per heavy atom. The predicted octanol–water partition coefficient (Wildman–Crippen LogP) is 3.10. The number of pyridine rings is 1. The summed E-state index contributed by atoms with van der Waals surface area (Å²) in [5.74, 6) is -0.443. The first-order valence-electron chi connectivity index (χ1n) is 10.4. The second-order valence-corrected chi connectivity index (χ2v) is 7.73. The second-order valence-electron chi connectivity index (χ2n) is 7.73. The van der Waals surface area contributed by atoms with Gasteiger partial charge in [-0.1, -0.05) is 30.3 Å². The van der Waals surface area contributed by atoms with E-state index in [0.29, 0.717) is 28.0 Å². The van der Waals surface area contributed by atoms with Gasteiger partial charge in [0.15, 0.2) is 11.5 Å². The predicted molar refractivity (Wildman–Crippen MR) is 123 cm³/mol. The number of anilines is 1. The first kappa shape index (κ1) is 20.8. The summed E-state index contributed by atoms with van der Waals surface area (Å²) in [5.41, 5.74) is 7.45. The third-order valence-corrected chi connectivity index (χ3v) is 5.62. The van der Waals surface area contributed by atoms with Gasteiger partial charge in [-0.15, -0.1) is 5.10 Å². The molecule has 33 heavy (non-hydrogen) atoms. The number of rotatable bonds is 5. The van der Waals surface area contributed by atoms with Gasteiger partial charge in [0.25, 0.3) is 5.56 Å². The van der Waals surface area contributed by atoms with E-state index in [1.54, 1.807) is 67.8 Å². The molecule has 0 radical (unpaired) electrons. The van der Waals surface area contributed by atoms with Crippen LogP contribution in [0.2, 0.25) is 0 Å². The van der Waals surface area contributed by atoms with Crippen LogP contribution in [0.5, 0.6) is 0 Å². The molecule has 0 aliphatic heterocycles. The van der Waals surface area contributed by atoms with Gasteiger partial charge in [0, 0.05) is 29.8 Å². The van der Waals surface area contributed by atoms with Crippen LogP contribution in [0.15, 0.2) is 77.9 Å². The number of nitrogens with zero attached hydrogens (tertiary/aromatic N) is 4. The molecule has 0 spiro atoms.